The van der Waals surface area contributed by atoms with Gasteiger partial charge in [0.25, 0.3) is 5.69 Å². The summed E-state index contributed by atoms with van der Waals surface area (Å²) in [7, 11) is 0. The van der Waals surface area contributed by atoms with Gasteiger partial charge in [-0.25, -0.2) is 8.78 Å². The number of non-ortho nitro benzene ring substituents is 1. The number of nitro groups is 1. The van der Waals surface area contributed by atoms with Gasteiger partial charge in [0.2, 0.25) is 0 Å². The summed E-state index contributed by atoms with van der Waals surface area (Å²) in [4.78, 5) is 13.2. The molecule has 0 N–H and O–H groups in total. The van der Waals surface area contributed by atoms with Crippen molar-refractivity contribution >= 4 is 49.5 Å². The molecule has 172 valence electrons. The highest BCUT2D eigenvalue weighted by molar-refractivity contribution is 9.10. The number of anilines is 3. The predicted octanol–water partition coefficient (Wildman–Crippen LogP) is 8.93. The van der Waals surface area contributed by atoms with Gasteiger partial charge >= 0.3 is 0 Å². The summed E-state index contributed by atoms with van der Waals surface area (Å²) in [6.07, 6.45) is 0. The van der Waals surface area contributed by atoms with Crippen LogP contribution < -0.4 is 4.90 Å². The SMILES string of the molecule is O=[N+]([O-])c1ccc(Br)c2cccc(-c3ccc(N(c4ccc(F)cc4)c4ccc(F)cc4)cc3)c12. The lowest BCUT2D eigenvalue weighted by Crippen LogP contribution is -2.09. The van der Waals surface area contributed by atoms with E-state index < -0.39 is 0 Å². The van der Waals surface area contributed by atoms with E-state index in [2.05, 4.69) is 15.9 Å². The molecule has 5 aromatic rings. The second-order valence-electron chi connectivity index (χ2n) is 7.89. The van der Waals surface area contributed by atoms with Gasteiger partial charge in [-0.1, -0.05) is 46.3 Å². The summed E-state index contributed by atoms with van der Waals surface area (Å²) in [6.45, 7) is 0. The van der Waals surface area contributed by atoms with E-state index in [0.29, 0.717) is 16.8 Å². The molecule has 7 heteroatoms. The van der Waals surface area contributed by atoms with Crippen LogP contribution in [0, 0.1) is 21.7 Å². The molecule has 0 bridgehead atoms. The molecule has 0 aliphatic carbocycles. The highest BCUT2D eigenvalue weighted by Crippen LogP contribution is 2.40. The fourth-order valence-electron chi connectivity index (χ4n) is 4.16. The molecule has 0 spiro atoms. The van der Waals surface area contributed by atoms with Crippen LogP contribution in [0.5, 0.6) is 0 Å². The molecule has 0 fully saturated rings. The number of fused-ring (bicyclic) bond motifs is 1. The minimum Gasteiger partial charge on any atom is -0.310 e. The second-order valence-corrected chi connectivity index (χ2v) is 8.74. The van der Waals surface area contributed by atoms with Crippen molar-refractivity contribution in [3.05, 3.63) is 129 Å². The molecule has 0 saturated heterocycles. The Hall–Kier alpha value is -4.10. The van der Waals surface area contributed by atoms with E-state index in [0.717, 1.165) is 26.7 Å². The van der Waals surface area contributed by atoms with E-state index in [1.54, 1.807) is 30.3 Å². The van der Waals surface area contributed by atoms with Gasteiger partial charge in [0.05, 0.1) is 10.3 Å². The van der Waals surface area contributed by atoms with E-state index in [9.17, 15) is 18.9 Å². The van der Waals surface area contributed by atoms with Gasteiger partial charge in [0, 0.05) is 33.0 Å². The van der Waals surface area contributed by atoms with Crippen LogP contribution in [0.3, 0.4) is 0 Å². The van der Waals surface area contributed by atoms with E-state index in [1.165, 1.54) is 30.3 Å². The lowest BCUT2D eigenvalue weighted by atomic mass is 9.96. The first-order chi connectivity index (χ1) is 16.9. The number of benzene rings is 5. The minimum atomic E-state index is -0.378. The molecule has 0 aliphatic rings. The summed E-state index contributed by atoms with van der Waals surface area (Å²) in [5, 5.41) is 13.0. The van der Waals surface area contributed by atoms with Gasteiger partial charge in [0.1, 0.15) is 11.6 Å². The maximum Gasteiger partial charge on any atom is 0.277 e. The predicted molar refractivity (Wildman–Crippen MR) is 138 cm³/mol. The van der Waals surface area contributed by atoms with Crippen molar-refractivity contribution in [1.82, 2.24) is 0 Å². The third-order valence-corrected chi connectivity index (χ3v) is 6.46. The van der Waals surface area contributed by atoms with Crippen LogP contribution in [0.15, 0.2) is 108 Å². The zero-order chi connectivity index (χ0) is 24.5. The van der Waals surface area contributed by atoms with E-state index in [-0.39, 0.29) is 22.2 Å². The van der Waals surface area contributed by atoms with Gasteiger partial charge in [-0.15, -0.1) is 0 Å². The van der Waals surface area contributed by atoms with Crippen LogP contribution in [0.25, 0.3) is 21.9 Å². The Bertz CT molecular complexity index is 1490. The smallest absolute Gasteiger partial charge is 0.277 e. The van der Waals surface area contributed by atoms with Gasteiger partial charge < -0.3 is 4.90 Å². The Kier molecular flexibility index (Phi) is 6.01. The number of nitro benzene ring substituents is 1. The first kappa shape index (κ1) is 22.7. The summed E-state index contributed by atoms with van der Waals surface area (Å²) >= 11 is 3.50. The second kappa shape index (κ2) is 9.27. The van der Waals surface area contributed by atoms with Crippen LogP contribution >= 0.6 is 15.9 Å². The van der Waals surface area contributed by atoms with Crippen molar-refractivity contribution in [3.8, 4) is 11.1 Å². The summed E-state index contributed by atoms with van der Waals surface area (Å²) in [5.41, 5.74) is 3.74. The topological polar surface area (TPSA) is 46.4 Å². The monoisotopic (exact) mass is 530 g/mol. The van der Waals surface area contributed by atoms with Crippen molar-refractivity contribution < 1.29 is 13.7 Å². The molecule has 0 aliphatic heterocycles. The molecule has 0 heterocycles. The van der Waals surface area contributed by atoms with Crippen molar-refractivity contribution in [1.29, 1.82) is 0 Å². The number of rotatable bonds is 5. The average molecular weight is 531 g/mol. The maximum absolute atomic E-state index is 13.6. The van der Waals surface area contributed by atoms with Crippen molar-refractivity contribution in [2.24, 2.45) is 0 Å². The Morgan fingerprint density at radius 2 is 1.20 bits per heavy atom. The van der Waals surface area contributed by atoms with Crippen molar-refractivity contribution in [2.75, 3.05) is 4.90 Å². The van der Waals surface area contributed by atoms with Crippen LogP contribution in [-0.4, -0.2) is 4.92 Å². The Morgan fingerprint density at radius 1 is 0.686 bits per heavy atom. The van der Waals surface area contributed by atoms with Crippen LogP contribution in [0.1, 0.15) is 0 Å². The number of nitrogens with zero attached hydrogens (tertiary/aromatic N) is 2. The van der Waals surface area contributed by atoms with Gasteiger partial charge in [-0.05, 0) is 77.9 Å². The first-order valence-corrected chi connectivity index (χ1v) is 11.5. The summed E-state index contributed by atoms with van der Waals surface area (Å²) in [5.74, 6) is -0.710. The lowest BCUT2D eigenvalue weighted by molar-refractivity contribution is -0.383. The average Bonchev–Trinajstić information content (AvgIpc) is 2.87. The molecule has 0 saturated carbocycles. The molecule has 4 nitrogen and oxygen atoms in total. The lowest BCUT2D eigenvalue weighted by Gasteiger charge is -2.25. The third kappa shape index (κ3) is 4.38. The molecule has 5 rings (SSSR count). The van der Waals surface area contributed by atoms with Gasteiger partial charge in [-0.3, -0.25) is 10.1 Å². The van der Waals surface area contributed by atoms with Crippen LogP contribution in [-0.2, 0) is 0 Å². The molecule has 35 heavy (non-hydrogen) atoms. The normalized spacial score (nSPS) is 10.9. The fraction of sp³-hybridized carbons (Fsp3) is 0. The Labute approximate surface area is 208 Å². The molecule has 5 aromatic carbocycles. The number of halogens is 3. The summed E-state index contributed by atoms with van der Waals surface area (Å²) in [6, 6.07) is 28.3. The largest absolute Gasteiger partial charge is 0.310 e. The molecule has 0 amide bonds. The zero-order valence-electron chi connectivity index (χ0n) is 18.2. The highest BCUT2D eigenvalue weighted by Gasteiger charge is 2.19. The minimum absolute atomic E-state index is 0.0297. The molecule has 0 atom stereocenters. The molecule has 0 aromatic heterocycles. The third-order valence-electron chi connectivity index (χ3n) is 5.77. The molecule has 0 unspecified atom stereocenters. The van der Waals surface area contributed by atoms with Crippen molar-refractivity contribution in [2.45, 2.75) is 0 Å². The first-order valence-electron chi connectivity index (χ1n) is 10.7. The Balaban J connectivity index is 1.63. The summed E-state index contributed by atoms with van der Waals surface area (Å²) < 4.78 is 27.9. The van der Waals surface area contributed by atoms with Crippen molar-refractivity contribution in [3.63, 3.8) is 0 Å². The van der Waals surface area contributed by atoms with E-state index in [1.807, 2.05) is 47.4 Å². The molecular weight excluding hydrogens is 514 g/mol. The van der Waals surface area contributed by atoms with Crippen LogP contribution in [0.4, 0.5) is 31.5 Å². The van der Waals surface area contributed by atoms with Gasteiger partial charge in [-0.2, -0.15) is 0 Å². The zero-order valence-corrected chi connectivity index (χ0v) is 19.7. The van der Waals surface area contributed by atoms with Gasteiger partial charge in [0.15, 0.2) is 0 Å². The Morgan fingerprint density at radius 3 is 1.71 bits per heavy atom. The van der Waals surface area contributed by atoms with E-state index >= 15 is 0 Å². The molecular formula is C28H17BrF2N2O2. The maximum atomic E-state index is 13.6. The highest BCUT2D eigenvalue weighted by atomic mass is 79.9. The molecule has 0 radical (unpaired) electrons. The number of hydrogen-bond acceptors (Lipinski definition) is 3. The standard InChI is InChI=1S/C28H17BrF2N2O2/c29-26-16-17-27(33(34)35)28-24(2-1-3-25(26)28)18-4-10-21(11-5-18)32(22-12-6-19(30)7-13-22)23-14-8-20(31)9-15-23/h1-17H. The fourth-order valence-corrected chi connectivity index (χ4v) is 4.63. The van der Waals surface area contributed by atoms with E-state index in [4.69, 9.17) is 0 Å². The number of hydrogen-bond donors (Lipinski definition) is 0. The quantitative estimate of drug-likeness (QED) is 0.168. The van der Waals surface area contributed by atoms with Crippen LogP contribution in [0.2, 0.25) is 0 Å².